The van der Waals surface area contributed by atoms with E-state index in [0.29, 0.717) is 5.56 Å². The lowest BCUT2D eigenvalue weighted by atomic mass is 10.1. The molecule has 1 aromatic rings. The number of benzene rings is 1. The van der Waals surface area contributed by atoms with Crippen molar-refractivity contribution in [2.45, 2.75) is 13.5 Å². The zero-order chi connectivity index (χ0) is 9.84. The van der Waals surface area contributed by atoms with Crippen molar-refractivity contribution in [2.75, 3.05) is 7.11 Å². The van der Waals surface area contributed by atoms with E-state index < -0.39 is 5.82 Å². The van der Waals surface area contributed by atoms with Crippen LogP contribution in [0.5, 0.6) is 5.75 Å². The second kappa shape index (κ2) is 4.20. The first-order valence-corrected chi connectivity index (χ1v) is 3.83. The van der Waals surface area contributed by atoms with Crippen LogP contribution in [-0.4, -0.2) is 7.11 Å². The Hall–Kier alpha value is -1.13. The van der Waals surface area contributed by atoms with Gasteiger partial charge < -0.3 is 4.74 Å². The molecule has 0 radical (unpaired) electrons. The zero-order valence-electron chi connectivity index (χ0n) is 7.63. The number of aryl methyl sites for hydroxylation is 1. The van der Waals surface area contributed by atoms with Crippen LogP contribution < -0.4 is 10.6 Å². The molecule has 13 heavy (non-hydrogen) atoms. The molecule has 0 saturated carbocycles. The van der Waals surface area contributed by atoms with Crippen LogP contribution in [0.1, 0.15) is 11.1 Å². The summed E-state index contributed by atoms with van der Waals surface area (Å²) in [7, 11) is 1.42. The molecule has 0 aliphatic rings. The number of hydrogen-bond acceptors (Lipinski definition) is 3. The molecule has 0 unspecified atom stereocenters. The summed E-state index contributed by atoms with van der Waals surface area (Å²) in [5.41, 5.74) is 1.31. The van der Waals surface area contributed by atoms with Crippen LogP contribution in [0.3, 0.4) is 0 Å². The molecule has 0 heterocycles. The van der Waals surface area contributed by atoms with Gasteiger partial charge in [0.05, 0.1) is 13.7 Å². The summed E-state index contributed by atoms with van der Waals surface area (Å²) in [5, 5.41) is 0. The van der Waals surface area contributed by atoms with Gasteiger partial charge in [-0.05, 0) is 18.6 Å². The van der Waals surface area contributed by atoms with Crippen molar-refractivity contribution < 1.29 is 14.0 Å². The Morgan fingerprint density at radius 1 is 1.46 bits per heavy atom. The Kier molecular flexibility index (Phi) is 3.22. The summed E-state index contributed by atoms with van der Waals surface area (Å²) < 4.78 is 18.2. The van der Waals surface area contributed by atoms with E-state index in [1.54, 1.807) is 12.1 Å². The minimum absolute atomic E-state index is 0.0455. The van der Waals surface area contributed by atoms with Gasteiger partial charge >= 0.3 is 0 Å². The van der Waals surface area contributed by atoms with Crippen LogP contribution in [0.2, 0.25) is 0 Å². The fourth-order valence-electron chi connectivity index (χ4n) is 1.15. The molecule has 0 aliphatic carbocycles. The van der Waals surface area contributed by atoms with Crippen molar-refractivity contribution in [1.82, 2.24) is 0 Å². The lowest BCUT2D eigenvalue weighted by Crippen LogP contribution is -2.03. The summed E-state index contributed by atoms with van der Waals surface area (Å²) in [5.74, 6) is 4.66. The standard InChI is InChI=1S/C9H12FNO2/c1-6-3-7(5-13-11)9(10)8(4-6)12-2/h3-4H,5,11H2,1-2H3. The van der Waals surface area contributed by atoms with Crippen molar-refractivity contribution in [1.29, 1.82) is 0 Å². The summed E-state index contributed by atoms with van der Waals surface area (Å²) in [4.78, 5) is 4.37. The molecule has 0 atom stereocenters. The van der Waals surface area contributed by atoms with Crippen molar-refractivity contribution >= 4 is 0 Å². The van der Waals surface area contributed by atoms with Gasteiger partial charge in [-0.3, -0.25) is 4.84 Å². The van der Waals surface area contributed by atoms with Crippen molar-refractivity contribution in [2.24, 2.45) is 5.90 Å². The lowest BCUT2D eigenvalue weighted by molar-refractivity contribution is 0.121. The van der Waals surface area contributed by atoms with E-state index in [-0.39, 0.29) is 12.4 Å². The lowest BCUT2D eigenvalue weighted by Gasteiger charge is -2.07. The molecule has 0 bridgehead atoms. The van der Waals surface area contributed by atoms with Crippen LogP contribution in [0, 0.1) is 12.7 Å². The van der Waals surface area contributed by atoms with Gasteiger partial charge in [-0.25, -0.2) is 10.3 Å². The third-order valence-corrected chi connectivity index (χ3v) is 1.72. The van der Waals surface area contributed by atoms with E-state index in [4.69, 9.17) is 10.6 Å². The van der Waals surface area contributed by atoms with Gasteiger partial charge in [-0.2, -0.15) is 0 Å². The third-order valence-electron chi connectivity index (χ3n) is 1.72. The average Bonchev–Trinajstić information content (AvgIpc) is 2.11. The molecule has 3 nitrogen and oxygen atoms in total. The molecule has 4 heteroatoms. The quantitative estimate of drug-likeness (QED) is 0.726. The van der Waals surface area contributed by atoms with Gasteiger partial charge in [0.25, 0.3) is 0 Å². The second-order valence-electron chi connectivity index (χ2n) is 2.75. The number of nitrogens with two attached hydrogens (primary N) is 1. The zero-order valence-corrected chi connectivity index (χ0v) is 7.63. The Morgan fingerprint density at radius 2 is 2.15 bits per heavy atom. The van der Waals surface area contributed by atoms with Gasteiger partial charge in [-0.1, -0.05) is 6.07 Å². The maximum atomic E-state index is 13.4. The van der Waals surface area contributed by atoms with E-state index >= 15 is 0 Å². The fraction of sp³-hybridized carbons (Fsp3) is 0.333. The molecule has 0 aliphatic heterocycles. The number of methoxy groups -OCH3 is 1. The first-order valence-electron chi connectivity index (χ1n) is 3.83. The van der Waals surface area contributed by atoms with E-state index in [9.17, 15) is 4.39 Å². The Balaban J connectivity index is 3.11. The minimum Gasteiger partial charge on any atom is -0.494 e. The van der Waals surface area contributed by atoms with Gasteiger partial charge in [0, 0.05) is 5.56 Å². The SMILES string of the molecule is COc1cc(C)cc(CON)c1F. The van der Waals surface area contributed by atoms with Gasteiger partial charge in [0.15, 0.2) is 11.6 Å². The van der Waals surface area contributed by atoms with E-state index in [2.05, 4.69) is 4.84 Å². The molecular formula is C9H12FNO2. The molecule has 0 amide bonds. The topological polar surface area (TPSA) is 44.5 Å². The van der Waals surface area contributed by atoms with E-state index in [0.717, 1.165) is 5.56 Å². The van der Waals surface area contributed by atoms with Crippen molar-refractivity contribution in [3.8, 4) is 5.75 Å². The normalized spacial score (nSPS) is 10.2. The average molecular weight is 185 g/mol. The molecule has 0 spiro atoms. The van der Waals surface area contributed by atoms with E-state index in [1.165, 1.54) is 7.11 Å². The minimum atomic E-state index is -0.418. The van der Waals surface area contributed by atoms with Crippen molar-refractivity contribution in [3.63, 3.8) is 0 Å². The second-order valence-corrected chi connectivity index (χ2v) is 2.75. The molecule has 1 rings (SSSR count). The third kappa shape index (κ3) is 2.17. The largest absolute Gasteiger partial charge is 0.494 e. The summed E-state index contributed by atoms with van der Waals surface area (Å²) in [6, 6.07) is 3.29. The molecule has 0 aromatic heterocycles. The smallest absolute Gasteiger partial charge is 0.170 e. The Labute approximate surface area is 76.2 Å². The maximum absolute atomic E-state index is 13.4. The van der Waals surface area contributed by atoms with Gasteiger partial charge in [-0.15, -0.1) is 0 Å². The Bertz CT molecular complexity index is 302. The van der Waals surface area contributed by atoms with E-state index in [1.807, 2.05) is 6.92 Å². The highest BCUT2D eigenvalue weighted by atomic mass is 19.1. The van der Waals surface area contributed by atoms with Crippen LogP contribution in [0.25, 0.3) is 0 Å². The first-order chi connectivity index (χ1) is 6.19. The van der Waals surface area contributed by atoms with Crippen LogP contribution in [0.4, 0.5) is 4.39 Å². The van der Waals surface area contributed by atoms with Crippen LogP contribution >= 0.6 is 0 Å². The highest BCUT2D eigenvalue weighted by Crippen LogP contribution is 2.22. The highest BCUT2D eigenvalue weighted by molar-refractivity contribution is 5.35. The fourth-order valence-corrected chi connectivity index (χ4v) is 1.15. The first kappa shape index (κ1) is 9.95. The molecule has 2 N–H and O–H groups in total. The van der Waals surface area contributed by atoms with Gasteiger partial charge in [0.1, 0.15) is 0 Å². The maximum Gasteiger partial charge on any atom is 0.170 e. The summed E-state index contributed by atoms with van der Waals surface area (Å²) >= 11 is 0. The molecule has 0 saturated heterocycles. The Morgan fingerprint density at radius 3 is 2.69 bits per heavy atom. The molecule has 0 fully saturated rings. The predicted octanol–water partition coefficient (Wildman–Crippen LogP) is 1.53. The number of hydrogen-bond donors (Lipinski definition) is 1. The monoisotopic (exact) mass is 185 g/mol. The predicted molar refractivity (Wildman–Crippen MR) is 46.7 cm³/mol. The molecule has 72 valence electrons. The van der Waals surface area contributed by atoms with Gasteiger partial charge in [0.2, 0.25) is 0 Å². The molecular weight excluding hydrogens is 173 g/mol. The summed E-state index contributed by atoms with van der Waals surface area (Å²) in [6.45, 7) is 1.89. The van der Waals surface area contributed by atoms with Crippen molar-refractivity contribution in [3.05, 3.63) is 29.1 Å². The summed E-state index contributed by atoms with van der Waals surface area (Å²) in [6.07, 6.45) is 0. The number of ether oxygens (including phenoxy) is 1. The van der Waals surface area contributed by atoms with Crippen LogP contribution in [-0.2, 0) is 11.4 Å². The van der Waals surface area contributed by atoms with Crippen LogP contribution in [0.15, 0.2) is 12.1 Å². The molecule has 1 aromatic carbocycles. The highest BCUT2D eigenvalue weighted by Gasteiger charge is 2.09. The number of rotatable bonds is 3. The number of halogens is 1.